The van der Waals surface area contributed by atoms with Gasteiger partial charge in [0.25, 0.3) is 5.91 Å². The van der Waals surface area contributed by atoms with Gasteiger partial charge in [-0.1, -0.05) is 29.4 Å². The summed E-state index contributed by atoms with van der Waals surface area (Å²) in [5, 5.41) is 21.9. The molecule has 9 heteroatoms. The second kappa shape index (κ2) is 7.18. The van der Waals surface area contributed by atoms with Gasteiger partial charge in [0.05, 0.1) is 18.3 Å². The summed E-state index contributed by atoms with van der Waals surface area (Å²) < 4.78 is 2.79. The van der Waals surface area contributed by atoms with Gasteiger partial charge in [-0.05, 0) is 29.9 Å². The number of nitrogens with one attached hydrogen (secondary N) is 1. The fourth-order valence-electron chi connectivity index (χ4n) is 2.59. The van der Waals surface area contributed by atoms with E-state index in [1.165, 1.54) is 6.07 Å². The van der Waals surface area contributed by atoms with Crippen LogP contribution in [0.5, 0.6) is 0 Å². The lowest BCUT2D eigenvalue weighted by molar-refractivity contribution is -0.392. The van der Waals surface area contributed by atoms with E-state index >= 15 is 0 Å². The van der Waals surface area contributed by atoms with Crippen molar-refractivity contribution in [2.24, 2.45) is 0 Å². The van der Waals surface area contributed by atoms with Crippen LogP contribution in [0.4, 0.5) is 11.6 Å². The van der Waals surface area contributed by atoms with Crippen LogP contribution in [-0.2, 0) is 17.9 Å². The third-order valence-corrected chi connectivity index (χ3v) is 3.86. The molecule has 1 N–H and O–H groups in total. The average molecular weight is 354 g/mol. The van der Waals surface area contributed by atoms with Crippen molar-refractivity contribution in [2.75, 3.05) is 5.32 Å². The summed E-state index contributed by atoms with van der Waals surface area (Å²) >= 11 is 0. The Labute approximate surface area is 149 Å². The molecule has 3 aromatic rings. The van der Waals surface area contributed by atoms with E-state index in [2.05, 4.69) is 15.5 Å². The van der Waals surface area contributed by atoms with Crippen LogP contribution in [0, 0.1) is 24.0 Å². The van der Waals surface area contributed by atoms with Crippen molar-refractivity contribution in [3.05, 3.63) is 69.5 Å². The van der Waals surface area contributed by atoms with Crippen molar-refractivity contribution in [2.45, 2.75) is 26.9 Å². The second-order valence-corrected chi connectivity index (χ2v) is 5.93. The molecule has 134 valence electrons. The van der Waals surface area contributed by atoms with Crippen LogP contribution in [0.15, 0.2) is 42.6 Å². The van der Waals surface area contributed by atoms with Crippen molar-refractivity contribution >= 4 is 17.5 Å². The Balaban J connectivity index is 1.65. The Morgan fingerprint density at radius 2 is 2.00 bits per heavy atom. The Morgan fingerprint density at radius 1 is 1.23 bits per heavy atom. The molecule has 1 amide bonds. The largest absolute Gasteiger partial charge is 0.358 e. The highest BCUT2D eigenvalue weighted by Gasteiger charge is 2.19. The lowest BCUT2D eigenvalue weighted by atomic mass is 10.1. The van der Waals surface area contributed by atoms with Crippen LogP contribution in [0.2, 0.25) is 0 Å². The van der Waals surface area contributed by atoms with Crippen LogP contribution in [0.3, 0.4) is 0 Å². The maximum Gasteiger partial charge on any atom is 0.345 e. The minimum atomic E-state index is -0.565. The van der Waals surface area contributed by atoms with E-state index in [0.29, 0.717) is 18.1 Å². The smallest absolute Gasteiger partial charge is 0.345 e. The zero-order valence-corrected chi connectivity index (χ0v) is 14.4. The van der Waals surface area contributed by atoms with Gasteiger partial charge >= 0.3 is 5.82 Å². The van der Waals surface area contributed by atoms with Gasteiger partial charge in [-0.3, -0.25) is 9.48 Å². The maximum absolute atomic E-state index is 12.1. The van der Waals surface area contributed by atoms with Gasteiger partial charge in [0.2, 0.25) is 0 Å². The molecule has 3 rings (SSSR count). The first-order valence-electron chi connectivity index (χ1n) is 7.99. The van der Waals surface area contributed by atoms with Crippen molar-refractivity contribution in [3.63, 3.8) is 0 Å². The minimum absolute atomic E-state index is 0.220. The Bertz CT molecular complexity index is 959. The first-order chi connectivity index (χ1) is 12.4. The van der Waals surface area contributed by atoms with Crippen LogP contribution < -0.4 is 5.32 Å². The number of benzene rings is 1. The Kier molecular flexibility index (Phi) is 4.78. The minimum Gasteiger partial charge on any atom is -0.358 e. The summed E-state index contributed by atoms with van der Waals surface area (Å²) in [6.07, 6.45) is 1.77. The van der Waals surface area contributed by atoms with Crippen molar-refractivity contribution < 1.29 is 9.72 Å². The van der Waals surface area contributed by atoms with Gasteiger partial charge in [-0.2, -0.15) is 5.10 Å². The number of anilines is 1. The number of hydrogen-bond donors (Lipinski definition) is 1. The molecule has 0 atom stereocenters. The number of aryl methyl sites for hydroxylation is 2. The molecule has 0 fully saturated rings. The van der Waals surface area contributed by atoms with Crippen molar-refractivity contribution in [1.29, 1.82) is 0 Å². The third-order valence-electron chi connectivity index (χ3n) is 3.86. The molecule has 0 saturated carbocycles. The summed E-state index contributed by atoms with van der Waals surface area (Å²) in [4.78, 5) is 22.6. The number of amides is 1. The topological polar surface area (TPSA) is 108 Å². The molecule has 0 aliphatic heterocycles. The molecule has 0 aliphatic carbocycles. The van der Waals surface area contributed by atoms with E-state index < -0.39 is 10.8 Å². The van der Waals surface area contributed by atoms with Crippen LogP contribution in [0.1, 0.15) is 16.8 Å². The van der Waals surface area contributed by atoms with Crippen molar-refractivity contribution in [1.82, 2.24) is 19.6 Å². The van der Waals surface area contributed by atoms with Crippen LogP contribution in [-0.4, -0.2) is 30.4 Å². The van der Waals surface area contributed by atoms with E-state index in [9.17, 15) is 14.9 Å². The standard InChI is InChI=1S/C17H18N6O3/c1-12-5-3-4-6-14(12)10-21-8-7-15(20-21)18-16(24)11-22-17(23(25)26)9-13(2)19-22/h3-9H,10-11H2,1-2H3,(H,18,20,24). The number of nitro groups is 1. The molecule has 2 heterocycles. The molecule has 0 spiro atoms. The van der Waals surface area contributed by atoms with E-state index in [-0.39, 0.29) is 12.4 Å². The fraction of sp³-hybridized carbons (Fsp3) is 0.235. The van der Waals surface area contributed by atoms with E-state index in [4.69, 9.17) is 0 Å². The summed E-state index contributed by atoms with van der Waals surface area (Å²) in [5.74, 6) is -0.268. The van der Waals surface area contributed by atoms with Crippen molar-refractivity contribution in [3.8, 4) is 0 Å². The van der Waals surface area contributed by atoms with Crippen LogP contribution in [0.25, 0.3) is 0 Å². The molecule has 0 unspecified atom stereocenters. The SMILES string of the molecule is Cc1cc([N+](=O)[O-])n(CC(=O)Nc2ccn(Cc3ccccc3C)n2)n1. The molecule has 2 aromatic heterocycles. The Morgan fingerprint density at radius 3 is 2.73 bits per heavy atom. The van der Waals surface area contributed by atoms with E-state index in [1.54, 1.807) is 23.9 Å². The zero-order chi connectivity index (χ0) is 18.7. The predicted molar refractivity (Wildman–Crippen MR) is 94.8 cm³/mol. The number of aromatic nitrogens is 4. The number of carbonyl (C=O) groups excluding carboxylic acids is 1. The molecular weight excluding hydrogens is 336 g/mol. The summed E-state index contributed by atoms with van der Waals surface area (Å²) in [6, 6.07) is 11.0. The van der Waals surface area contributed by atoms with Crippen LogP contribution >= 0.6 is 0 Å². The molecule has 9 nitrogen and oxygen atoms in total. The molecule has 0 bridgehead atoms. The van der Waals surface area contributed by atoms with Gasteiger partial charge in [0, 0.05) is 12.3 Å². The molecule has 0 saturated heterocycles. The average Bonchev–Trinajstić information content (AvgIpc) is 3.16. The highest BCUT2D eigenvalue weighted by atomic mass is 16.6. The van der Waals surface area contributed by atoms with E-state index in [0.717, 1.165) is 15.8 Å². The molecular formula is C17H18N6O3. The quantitative estimate of drug-likeness (QED) is 0.540. The predicted octanol–water partition coefficient (Wildman–Crippen LogP) is 2.29. The lowest BCUT2D eigenvalue weighted by Crippen LogP contribution is -2.21. The number of hydrogen-bond acceptors (Lipinski definition) is 5. The monoisotopic (exact) mass is 354 g/mol. The highest BCUT2D eigenvalue weighted by Crippen LogP contribution is 2.14. The zero-order valence-electron chi connectivity index (χ0n) is 14.4. The number of nitrogens with zero attached hydrogens (tertiary/aromatic N) is 5. The van der Waals surface area contributed by atoms with Gasteiger partial charge in [-0.25, -0.2) is 0 Å². The number of carbonyl (C=O) groups is 1. The highest BCUT2D eigenvalue weighted by molar-refractivity contribution is 5.89. The van der Waals surface area contributed by atoms with Gasteiger partial charge in [-0.15, -0.1) is 4.68 Å². The van der Waals surface area contributed by atoms with E-state index in [1.807, 2.05) is 31.2 Å². The molecule has 0 aliphatic rings. The molecule has 1 aromatic carbocycles. The summed E-state index contributed by atoms with van der Waals surface area (Å²) in [7, 11) is 0. The van der Waals surface area contributed by atoms with Gasteiger partial charge < -0.3 is 15.4 Å². The van der Waals surface area contributed by atoms with Gasteiger partial charge in [0.15, 0.2) is 12.4 Å². The number of rotatable bonds is 6. The normalized spacial score (nSPS) is 10.7. The second-order valence-electron chi connectivity index (χ2n) is 5.93. The molecule has 0 radical (unpaired) electrons. The fourth-order valence-corrected chi connectivity index (χ4v) is 2.59. The summed E-state index contributed by atoms with van der Waals surface area (Å²) in [6.45, 7) is 4.00. The first-order valence-corrected chi connectivity index (χ1v) is 7.99. The lowest BCUT2D eigenvalue weighted by Gasteiger charge is -2.05. The molecule has 26 heavy (non-hydrogen) atoms. The maximum atomic E-state index is 12.1. The van der Waals surface area contributed by atoms with Gasteiger partial charge in [0.1, 0.15) is 0 Å². The third kappa shape index (κ3) is 3.94. The summed E-state index contributed by atoms with van der Waals surface area (Å²) in [5.41, 5.74) is 2.78. The Hall–Kier alpha value is -3.49. The first kappa shape index (κ1) is 17.3.